The van der Waals surface area contributed by atoms with Gasteiger partial charge >= 0.3 is 0 Å². The van der Waals surface area contributed by atoms with E-state index < -0.39 is 11.2 Å². The molecular formula is C30H40N2O2. The molecule has 2 aromatic rings. The zero-order valence-electron chi connectivity index (χ0n) is 21.7. The smallest absolute Gasteiger partial charge is 0.113 e. The summed E-state index contributed by atoms with van der Waals surface area (Å²) >= 11 is 0. The molecule has 6 rings (SSSR count). The van der Waals surface area contributed by atoms with Crippen molar-refractivity contribution in [3.8, 4) is 11.4 Å². The first-order valence-corrected chi connectivity index (χ1v) is 13.2. The molecule has 0 spiro atoms. The van der Waals surface area contributed by atoms with E-state index in [0.717, 1.165) is 48.5 Å². The van der Waals surface area contributed by atoms with Gasteiger partial charge in [0, 0.05) is 10.8 Å². The number of aliphatic hydroxyl groups is 2. The Balaban J connectivity index is 1.39. The highest BCUT2D eigenvalue weighted by molar-refractivity contribution is 5.55. The Hall–Kier alpha value is -1.78. The SMILES string of the molecule is CC1(C)[C@@H]2CC[C@@]1(C)[C@@](O)(c1cccc(-c3cccc([C@@]4(O)C[C@H]5CC[C@]4(C)C5(C)C)n3)n1)C2. The van der Waals surface area contributed by atoms with Gasteiger partial charge in [-0.2, -0.15) is 0 Å². The van der Waals surface area contributed by atoms with Crippen LogP contribution in [-0.4, -0.2) is 20.2 Å². The average Bonchev–Trinajstić information content (AvgIpc) is 3.30. The first-order valence-electron chi connectivity index (χ1n) is 13.2. The van der Waals surface area contributed by atoms with Crippen molar-refractivity contribution in [2.75, 3.05) is 0 Å². The van der Waals surface area contributed by atoms with Gasteiger partial charge in [0.2, 0.25) is 0 Å². The van der Waals surface area contributed by atoms with Crippen molar-refractivity contribution in [2.24, 2.45) is 33.5 Å². The first kappa shape index (κ1) is 22.7. The fourth-order valence-electron chi connectivity index (χ4n) is 8.94. The summed E-state index contributed by atoms with van der Waals surface area (Å²) in [5.41, 5.74) is 1.02. The van der Waals surface area contributed by atoms with Crippen LogP contribution in [0.4, 0.5) is 0 Å². The fraction of sp³-hybridized carbons (Fsp3) is 0.667. The first-order chi connectivity index (χ1) is 15.8. The lowest BCUT2D eigenvalue weighted by molar-refractivity contribution is -0.0991. The van der Waals surface area contributed by atoms with Gasteiger partial charge in [0.15, 0.2) is 0 Å². The van der Waals surface area contributed by atoms with E-state index in [2.05, 4.69) is 41.5 Å². The zero-order chi connectivity index (χ0) is 24.4. The van der Waals surface area contributed by atoms with Crippen molar-refractivity contribution in [2.45, 2.75) is 91.3 Å². The van der Waals surface area contributed by atoms with Crippen molar-refractivity contribution in [3.63, 3.8) is 0 Å². The molecular weight excluding hydrogens is 420 g/mol. The van der Waals surface area contributed by atoms with Crippen LogP contribution in [-0.2, 0) is 11.2 Å². The van der Waals surface area contributed by atoms with Gasteiger partial charge in [-0.05, 0) is 85.5 Å². The summed E-state index contributed by atoms with van der Waals surface area (Å²) in [5, 5.41) is 24.1. The molecule has 4 aliphatic rings. The van der Waals surface area contributed by atoms with Crippen molar-refractivity contribution < 1.29 is 10.2 Å². The Bertz CT molecular complexity index is 1080. The molecule has 4 bridgehead atoms. The molecule has 4 aliphatic carbocycles. The number of rotatable bonds is 3. The van der Waals surface area contributed by atoms with Gasteiger partial charge in [-0.25, -0.2) is 9.97 Å². The van der Waals surface area contributed by atoms with Crippen LogP contribution in [0.1, 0.15) is 91.5 Å². The van der Waals surface area contributed by atoms with Crippen LogP contribution in [0.5, 0.6) is 0 Å². The van der Waals surface area contributed by atoms with Gasteiger partial charge < -0.3 is 10.2 Å². The van der Waals surface area contributed by atoms with Crippen molar-refractivity contribution >= 4 is 0 Å². The number of nitrogens with zero attached hydrogens (tertiary/aromatic N) is 2. The third-order valence-corrected chi connectivity index (χ3v) is 12.4. The minimum atomic E-state index is -0.923. The maximum atomic E-state index is 12.0. The molecule has 4 fully saturated rings. The maximum absolute atomic E-state index is 12.0. The Morgan fingerprint density at radius 1 is 0.647 bits per heavy atom. The van der Waals surface area contributed by atoms with Gasteiger partial charge in [0.25, 0.3) is 0 Å². The van der Waals surface area contributed by atoms with Crippen LogP contribution >= 0.6 is 0 Å². The van der Waals surface area contributed by atoms with Crippen molar-refractivity contribution in [1.29, 1.82) is 0 Å². The number of pyridine rings is 2. The zero-order valence-corrected chi connectivity index (χ0v) is 21.7. The van der Waals surface area contributed by atoms with E-state index >= 15 is 0 Å². The average molecular weight is 461 g/mol. The molecule has 4 nitrogen and oxygen atoms in total. The van der Waals surface area contributed by atoms with Crippen LogP contribution in [0, 0.1) is 33.5 Å². The number of hydrogen-bond acceptors (Lipinski definition) is 4. The summed E-state index contributed by atoms with van der Waals surface area (Å²) in [6, 6.07) is 11.9. The molecule has 0 aromatic carbocycles. The van der Waals surface area contributed by atoms with E-state index in [1.165, 1.54) is 12.8 Å². The molecule has 0 radical (unpaired) electrons. The summed E-state index contributed by atoms with van der Waals surface area (Å²) in [6.45, 7) is 13.8. The van der Waals surface area contributed by atoms with Crippen LogP contribution < -0.4 is 0 Å². The Morgan fingerprint density at radius 3 is 1.32 bits per heavy atom. The predicted molar refractivity (Wildman–Crippen MR) is 134 cm³/mol. The lowest BCUT2D eigenvalue weighted by Gasteiger charge is -2.45. The van der Waals surface area contributed by atoms with E-state index in [-0.39, 0.29) is 21.7 Å². The third-order valence-electron chi connectivity index (χ3n) is 12.4. The summed E-state index contributed by atoms with van der Waals surface area (Å²) < 4.78 is 0. The number of aromatic nitrogens is 2. The molecule has 4 heteroatoms. The summed E-state index contributed by atoms with van der Waals surface area (Å²) in [4.78, 5) is 10.0. The molecule has 0 saturated heterocycles. The van der Waals surface area contributed by atoms with E-state index in [9.17, 15) is 10.2 Å². The molecule has 2 N–H and O–H groups in total. The lowest BCUT2D eigenvalue weighted by atomic mass is 9.63. The van der Waals surface area contributed by atoms with E-state index in [0.29, 0.717) is 11.8 Å². The largest absolute Gasteiger partial charge is 0.383 e. The van der Waals surface area contributed by atoms with Gasteiger partial charge in [-0.1, -0.05) is 53.7 Å². The number of hydrogen-bond donors (Lipinski definition) is 2. The second kappa shape index (κ2) is 6.50. The van der Waals surface area contributed by atoms with Crippen LogP contribution in [0.15, 0.2) is 36.4 Å². The fourth-order valence-corrected chi connectivity index (χ4v) is 8.94. The second-order valence-corrected chi connectivity index (χ2v) is 13.5. The normalized spacial score (nSPS) is 43.5. The third kappa shape index (κ3) is 2.38. The molecule has 6 atom stereocenters. The highest BCUT2D eigenvalue weighted by Crippen LogP contribution is 2.73. The second-order valence-electron chi connectivity index (χ2n) is 13.5. The van der Waals surface area contributed by atoms with Crippen LogP contribution in [0.3, 0.4) is 0 Å². The monoisotopic (exact) mass is 460 g/mol. The molecule has 0 unspecified atom stereocenters. The minimum Gasteiger partial charge on any atom is -0.383 e. The molecule has 0 amide bonds. The van der Waals surface area contributed by atoms with E-state index in [1.807, 2.05) is 36.4 Å². The van der Waals surface area contributed by atoms with Crippen molar-refractivity contribution in [3.05, 3.63) is 47.8 Å². The highest BCUT2D eigenvalue weighted by Gasteiger charge is 2.70. The predicted octanol–water partition coefficient (Wildman–Crippen LogP) is 6.21. The maximum Gasteiger partial charge on any atom is 0.113 e. The summed E-state index contributed by atoms with van der Waals surface area (Å²) in [7, 11) is 0. The molecule has 4 saturated carbocycles. The Kier molecular flexibility index (Phi) is 4.34. The van der Waals surface area contributed by atoms with Crippen LogP contribution in [0.2, 0.25) is 0 Å². The minimum absolute atomic E-state index is 0.0882. The topological polar surface area (TPSA) is 66.2 Å². The van der Waals surface area contributed by atoms with Gasteiger partial charge in [0.1, 0.15) is 11.2 Å². The van der Waals surface area contributed by atoms with E-state index in [4.69, 9.17) is 9.97 Å². The quantitative estimate of drug-likeness (QED) is 0.571. The standard InChI is InChI=1S/C30H40N2O2/c1-25(2)19-13-15-27(25,5)29(33,17-19)23-11-7-9-21(31-23)22-10-8-12-24(32-22)30(34)18-20-14-16-28(30,6)26(20,3)4/h7-12,19-20,33-34H,13-18H2,1-6H3/t19-,20-,27-,28-,29+,30+/m1/s1. The number of fused-ring (bicyclic) bond motifs is 4. The molecule has 2 heterocycles. The molecule has 2 aromatic heterocycles. The molecule has 182 valence electrons. The molecule has 0 aliphatic heterocycles. The Labute approximate surface area is 204 Å². The molecule has 34 heavy (non-hydrogen) atoms. The van der Waals surface area contributed by atoms with Gasteiger partial charge in [0.05, 0.1) is 22.8 Å². The van der Waals surface area contributed by atoms with Gasteiger partial charge in [-0.3, -0.25) is 0 Å². The highest BCUT2D eigenvalue weighted by atomic mass is 16.3. The van der Waals surface area contributed by atoms with E-state index in [1.54, 1.807) is 0 Å². The lowest BCUT2D eigenvalue weighted by Crippen LogP contribution is -2.45. The summed E-state index contributed by atoms with van der Waals surface area (Å²) in [5.74, 6) is 1.04. The van der Waals surface area contributed by atoms with Gasteiger partial charge in [-0.15, -0.1) is 0 Å². The summed E-state index contributed by atoms with van der Waals surface area (Å²) in [6.07, 6.45) is 5.98. The van der Waals surface area contributed by atoms with Crippen LogP contribution in [0.25, 0.3) is 11.4 Å². The Morgan fingerprint density at radius 2 is 1.03 bits per heavy atom. The van der Waals surface area contributed by atoms with Crippen molar-refractivity contribution in [1.82, 2.24) is 9.97 Å².